The molecule has 0 aliphatic heterocycles. The number of primary amides is 1. The lowest BCUT2D eigenvalue weighted by atomic mass is 9.66. The summed E-state index contributed by atoms with van der Waals surface area (Å²) < 4.78 is 0. The number of carbonyl (C=O) groups excluding carboxylic acids is 1. The summed E-state index contributed by atoms with van der Waals surface area (Å²) in [6.45, 7) is 7.52. The Morgan fingerprint density at radius 2 is 2.20 bits per heavy atom. The molecular formula is C12H24N2O. The fraction of sp³-hybridized carbons (Fsp3) is 0.917. The molecule has 1 amide bonds. The van der Waals surface area contributed by atoms with E-state index in [0.717, 1.165) is 13.0 Å². The van der Waals surface area contributed by atoms with Gasteiger partial charge < -0.3 is 11.1 Å². The van der Waals surface area contributed by atoms with E-state index in [-0.39, 0.29) is 11.4 Å². The van der Waals surface area contributed by atoms with Crippen molar-refractivity contribution < 1.29 is 4.79 Å². The summed E-state index contributed by atoms with van der Waals surface area (Å²) in [4.78, 5) is 11.2. The van der Waals surface area contributed by atoms with Crippen LogP contribution in [0.2, 0.25) is 0 Å². The Balaban J connectivity index is 2.81. The first-order chi connectivity index (χ1) is 7.02. The highest BCUT2D eigenvalue weighted by atomic mass is 16.1. The normalized spacial score (nSPS) is 36.5. The molecule has 88 valence electrons. The first-order valence-corrected chi connectivity index (χ1v) is 6.05. The SMILES string of the molecule is CCNC1(CC(N)=O)CCCC(C)C1C. The van der Waals surface area contributed by atoms with Crippen LogP contribution < -0.4 is 11.1 Å². The van der Waals surface area contributed by atoms with Crippen LogP contribution in [0.3, 0.4) is 0 Å². The molecule has 0 aromatic rings. The van der Waals surface area contributed by atoms with Crippen molar-refractivity contribution in [2.45, 2.75) is 52.0 Å². The van der Waals surface area contributed by atoms with Crippen molar-refractivity contribution in [3.05, 3.63) is 0 Å². The van der Waals surface area contributed by atoms with E-state index < -0.39 is 0 Å². The molecule has 1 aliphatic carbocycles. The zero-order valence-electron chi connectivity index (χ0n) is 10.2. The Morgan fingerprint density at radius 3 is 2.73 bits per heavy atom. The summed E-state index contributed by atoms with van der Waals surface area (Å²) >= 11 is 0. The van der Waals surface area contributed by atoms with Crippen LogP contribution >= 0.6 is 0 Å². The zero-order chi connectivity index (χ0) is 11.5. The number of hydrogen-bond acceptors (Lipinski definition) is 2. The number of rotatable bonds is 4. The number of carbonyl (C=O) groups is 1. The first kappa shape index (κ1) is 12.5. The predicted octanol–water partition coefficient (Wildman–Crippen LogP) is 1.67. The monoisotopic (exact) mass is 212 g/mol. The maximum absolute atomic E-state index is 11.2. The van der Waals surface area contributed by atoms with Crippen LogP contribution in [0, 0.1) is 11.8 Å². The van der Waals surface area contributed by atoms with Gasteiger partial charge in [0.1, 0.15) is 0 Å². The van der Waals surface area contributed by atoms with Gasteiger partial charge in [-0.1, -0.05) is 33.6 Å². The summed E-state index contributed by atoms with van der Waals surface area (Å²) in [5, 5.41) is 3.51. The van der Waals surface area contributed by atoms with Gasteiger partial charge in [0, 0.05) is 12.0 Å². The van der Waals surface area contributed by atoms with Crippen LogP contribution in [0.4, 0.5) is 0 Å². The maximum atomic E-state index is 11.2. The van der Waals surface area contributed by atoms with Crippen LogP contribution in [-0.2, 0) is 4.79 Å². The van der Waals surface area contributed by atoms with Crippen molar-refractivity contribution in [2.24, 2.45) is 17.6 Å². The van der Waals surface area contributed by atoms with Crippen LogP contribution in [-0.4, -0.2) is 18.0 Å². The molecule has 3 N–H and O–H groups in total. The number of amides is 1. The minimum atomic E-state index is -0.183. The Bertz CT molecular complexity index is 226. The number of nitrogens with one attached hydrogen (secondary N) is 1. The van der Waals surface area contributed by atoms with Crippen molar-refractivity contribution in [3.63, 3.8) is 0 Å². The van der Waals surface area contributed by atoms with Crippen molar-refractivity contribution in [3.8, 4) is 0 Å². The van der Waals surface area contributed by atoms with Crippen molar-refractivity contribution in [1.29, 1.82) is 0 Å². The first-order valence-electron chi connectivity index (χ1n) is 6.05. The highest BCUT2D eigenvalue weighted by Crippen LogP contribution is 2.39. The second kappa shape index (κ2) is 4.97. The summed E-state index contributed by atoms with van der Waals surface area (Å²) in [5.74, 6) is 1.02. The van der Waals surface area contributed by atoms with Crippen molar-refractivity contribution >= 4 is 5.91 Å². The lowest BCUT2D eigenvalue weighted by molar-refractivity contribution is -0.120. The molecule has 0 bridgehead atoms. The van der Waals surface area contributed by atoms with E-state index in [1.807, 2.05) is 0 Å². The molecule has 1 aliphatic rings. The number of hydrogen-bond donors (Lipinski definition) is 2. The predicted molar refractivity (Wildman–Crippen MR) is 62.4 cm³/mol. The zero-order valence-corrected chi connectivity index (χ0v) is 10.2. The summed E-state index contributed by atoms with van der Waals surface area (Å²) in [7, 11) is 0. The Morgan fingerprint density at radius 1 is 1.53 bits per heavy atom. The van der Waals surface area contributed by atoms with E-state index in [4.69, 9.17) is 5.73 Å². The number of nitrogens with two attached hydrogens (primary N) is 1. The van der Waals surface area contributed by atoms with Gasteiger partial charge in [-0.2, -0.15) is 0 Å². The molecule has 0 radical (unpaired) electrons. The molecule has 1 fully saturated rings. The van der Waals surface area contributed by atoms with Gasteiger partial charge in [0.2, 0.25) is 5.91 Å². The lowest BCUT2D eigenvalue weighted by Gasteiger charge is -2.46. The Hall–Kier alpha value is -0.570. The van der Waals surface area contributed by atoms with Gasteiger partial charge in [-0.25, -0.2) is 0 Å². The quantitative estimate of drug-likeness (QED) is 0.744. The van der Waals surface area contributed by atoms with Crippen LogP contribution in [0.15, 0.2) is 0 Å². The molecule has 3 atom stereocenters. The standard InChI is InChI=1S/C12H24N2O/c1-4-14-12(8-11(13)15)7-5-6-9(2)10(12)3/h9-10,14H,4-8H2,1-3H3,(H2,13,15). The second-order valence-electron chi connectivity index (χ2n) is 4.99. The minimum Gasteiger partial charge on any atom is -0.370 e. The average Bonchev–Trinajstić information content (AvgIpc) is 2.13. The molecule has 3 nitrogen and oxygen atoms in total. The van der Waals surface area contributed by atoms with Gasteiger partial charge in [-0.05, 0) is 24.8 Å². The van der Waals surface area contributed by atoms with Crippen molar-refractivity contribution in [1.82, 2.24) is 5.32 Å². The van der Waals surface area contributed by atoms with Gasteiger partial charge in [0.15, 0.2) is 0 Å². The van der Waals surface area contributed by atoms with Crippen molar-refractivity contribution in [2.75, 3.05) is 6.54 Å². The van der Waals surface area contributed by atoms with Gasteiger partial charge in [0.25, 0.3) is 0 Å². The van der Waals surface area contributed by atoms with E-state index in [1.54, 1.807) is 0 Å². The molecule has 0 saturated heterocycles. The molecule has 0 spiro atoms. The molecule has 0 aromatic carbocycles. The van der Waals surface area contributed by atoms with Crippen LogP contribution in [0.5, 0.6) is 0 Å². The average molecular weight is 212 g/mol. The van der Waals surface area contributed by atoms with E-state index in [1.165, 1.54) is 12.8 Å². The van der Waals surface area contributed by atoms with E-state index >= 15 is 0 Å². The molecule has 15 heavy (non-hydrogen) atoms. The van der Waals surface area contributed by atoms with Gasteiger partial charge in [-0.15, -0.1) is 0 Å². The van der Waals surface area contributed by atoms with E-state index in [2.05, 4.69) is 26.1 Å². The third kappa shape index (κ3) is 2.71. The molecule has 0 aromatic heterocycles. The summed E-state index contributed by atoms with van der Waals surface area (Å²) in [6, 6.07) is 0. The summed E-state index contributed by atoms with van der Waals surface area (Å²) in [5.41, 5.74) is 5.32. The largest absolute Gasteiger partial charge is 0.370 e. The molecule has 1 saturated carbocycles. The van der Waals surface area contributed by atoms with Crippen LogP contribution in [0.25, 0.3) is 0 Å². The molecular weight excluding hydrogens is 188 g/mol. The topological polar surface area (TPSA) is 55.1 Å². The van der Waals surface area contributed by atoms with E-state index in [0.29, 0.717) is 18.3 Å². The van der Waals surface area contributed by atoms with Crippen LogP contribution in [0.1, 0.15) is 46.5 Å². The third-order valence-electron chi connectivity index (χ3n) is 4.03. The van der Waals surface area contributed by atoms with Gasteiger partial charge >= 0.3 is 0 Å². The molecule has 0 heterocycles. The second-order valence-corrected chi connectivity index (χ2v) is 4.99. The maximum Gasteiger partial charge on any atom is 0.219 e. The van der Waals surface area contributed by atoms with Gasteiger partial charge in [-0.3, -0.25) is 4.79 Å². The highest BCUT2D eigenvalue weighted by Gasteiger charge is 2.41. The third-order valence-corrected chi connectivity index (χ3v) is 4.03. The molecule has 3 unspecified atom stereocenters. The smallest absolute Gasteiger partial charge is 0.219 e. The fourth-order valence-corrected chi connectivity index (χ4v) is 2.99. The summed E-state index contributed by atoms with van der Waals surface area (Å²) in [6.07, 6.45) is 4.03. The minimum absolute atomic E-state index is 0.0434. The Kier molecular flexibility index (Phi) is 4.14. The highest BCUT2D eigenvalue weighted by molar-refractivity contribution is 5.75. The Labute approximate surface area is 92.8 Å². The lowest BCUT2D eigenvalue weighted by Crippen LogP contribution is -2.56. The van der Waals surface area contributed by atoms with Gasteiger partial charge in [0.05, 0.1) is 0 Å². The van der Waals surface area contributed by atoms with E-state index in [9.17, 15) is 4.79 Å². The molecule has 1 rings (SSSR count). The fourth-order valence-electron chi connectivity index (χ4n) is 2.99. The molecule has 3 heteroatoms.